The molecule has 1 nitrogen and oxygen atoms in total. The zero-order chi connectivity index (χ0) is 11.0. The van der Waals surface area contributed by atoms with Crippen molar-refractivity contribution in [3.8, 4) is 0 Å². The normalized spacial score (nSPS) is 11.5. The molecule has 1 aromatic carbocycles. The standard InChI is InChI=1S/C12H14BrNS/c1-7(2)11-8-4-3-5-9(13)12(8)15-10(11)6-14/h3-5,7H,6,14H2,1-2H3. The molecule has 0 radical (unpaired) electrons. The monoisotopic (exact) mass is 283 g/mol. The van der Waals surface area contributed by atoms with Gasteiger partial charge in [0, 0.05) is 20.6 Å². The topological polar surface area (TPSA) is 26.0 Å². The van der Waals surface area contributed by atoms with E-state index >= 15 is 0 Å². The lowest BCUT2D eigenvalue weighted by Crippen LogP contribution is -1.98. The number of hydrogen-bond donors (Lipinski definition) is 1. The molecule has 15 heavy (non-hydrogen) atoms. The fourth-order valence-electron chi connectivity index (χ4n) is 1.94. The first-order chi connectivity index (χ1) is 7.15. The van der Waals surface area contributed by atoms with E-state index in [9.17, 15) is 0 Å². The molecule has 1 aromatic heterocycles. The van der Waals surface area contributed by atoms with Gasteiger partial charge in [0.25, 0.3) is 0 Å². The number of halogens is 1. The van der Waals surface area contributed by atoms with Crippen molar-refractivity contribution in [2.24, 2.45) is 5.73 Å². The van der Waals surface area contributed by atoms with Gasteiger partial charge in [-0.15, -0.1) is 11.3 Å². The Kier molecular flexibility index (Phi) is 3.14. The van der Waals surface area contributed by atoms with Gasteiger partial charge in [-0.05, 0) is 38.9 Å². The number of benzene rings is 1. The van der Waals surface area contributed by atoms with Crippen LogP contribution in [0.5, 0.6) is 0 Å². The zero-order valence-electron chi connectivity index (χ0n) is 8.88. The molecular formula is C12H14BrNS. The molecule has 1 heterocycles. The fraction of sp³-hybridized carbons (Fsp3) is 0.333. The molecule has 0 unspecified atom stereocenters. The Balaban J connectivity index is 2.80. The molecule has 2 rings (SSSR count). The van der Waals surface area contributed by atoms with E-state index in [0.717, 1.165) is 0 Å². The van der Waals surface area contributed by atoms with Gasteiger partial charge in [0.05, 0.1) is 0 Å². The van der Waals surface area contributed by atoms with Gasteiger partial charge >= 0.3 is 0 Å². The minimum Gasteiger partial charge on any atom is -0.326 e. The third kappa shape index (κ3) is 1.84. The van der Waals surface area contributed by atoms with E-state index in [-0.39, 0.29) is 0 Å². The SMILES string of the molecule is CC(C)c1c(CN)sc2c(Br)cccc12. The van der Waals surface area contributed by atoms with Crippen molar-refractivity contribution in [2.75, 3.05) is 0 Å². The molecule has 0 spiro atoms. The van der Waals surface area contributed by atoms with Gasteiger partial charge in [0.2, 0.25) is 0 Å². The lowest BCUT2D eigenvalue weighted by atomic mass is 9.99. The third-order valence-electron chi connectivity index (χ3n) is 2.55. The molecule has 0 amide bonds. The van der Waals surface area contributed by atoms with Crippen molar-refractivity contribution in [3.05, 3.63) is 33.1 Å². The molecule has 0 atom stereocenters. The van der Waals surface area contributed by atoms with Gasteiger partial charge in [0.15, 0.2) is 0 Å². The van der Waals surface area contributed by atoms with Gasteiger partial charge in [-0.1, -0.05) is 26.0 Å². The van der Waals surface area contributed by atoms with Crippen molar-refractivity contribution in [1.82, 2.24) is 0 Å². The van der Waals surface area contributed by atoms with Crippen LogP contribution in [-0.4, -0.2) is 0 Å². The Morgan fingerprint density at radius 1 is 1.40 bits per heavy atom. The van der Waals surface area contributed by atoms with Crippen LogP contribution in [0.15, 0.2) is 22.7 Å². The first-order valence-corrected chi connectivity index (χ1v) is 6.66. The number of fused-ring (bicyclic) bond motifs is 1. The summed E-state index contributed by atoms with van der Waals surface area (Å²) in [7, 11) is 0. The van der Waals surface area contributed by atoms with E-state index in [2.05, 4.69) is 48.0 Å². The third-order valence-corrected chi connectivity index (χ3v) is 4.75. The van der Waals surface area contributed by atoms with Crippen LogP contribution < -0.4 is 5.73 Å². The summed E-state index contributed by atoms with van der Waals surface area (Å²) in [5, 5.41) is 1.35. The molecular weight excluding hydrogens is 270 g/mol. The summed E-state index contributed by atoms with van der Waals surface area (Å²) in [6.45, 7) is 5.09. The Morgan fingerprint density at radius 3 is 2.73 bits per heavy atom. The molecule has 80 valence electrons. The Bertz CT molecular complexity index is 488. The van der Waals surface area contributed by atoms with Gasteiger partial charge in [-0.3, -0.25) is 0 Å². The summed E-state index contributed by atoms with van der Waals surface area (Å²) in [6.07, 6.45) is 0. The quantitative estimate of drug-likeness (QED) is 0.876. The summed E-state index contributed by atoms with van der Waals surface area (Å²) in [5.41, 5.74) is 7.21. The van der Waals surface area contributed by atoms with Crippen LogP contribution >= 0.6 is 27.3 Å². The number of thiophene rings is 1. The molecule has 0 fully saturated rings. The van der Waals surface area contributed by atoms with E-state index in [1.807, 2.05) is 0 Å². The van der Waals surface area contributed by atoms with Gasteiger partial charge in [-0.25, -0.2) is 0 Å². The highest BCUT2D eigenvalue weighted by Gasteiger charge is 2.14. The van der Waals surface area contributed by atoms with E-state index in [1.54, 1.807) is 11.3 Å². The van der Waals surface area contributed by atoms with Crippen LogP contribution in [0.3, 0.4) is 0 Å². The Labute approximate surface area is 102 Å². The minimum absolute atomic E-state index is 0.534. The van der Waals surface area contributed by atoms with Crippen molar-refractivity contribution in [2.45, 2.75) is 26.3 Å². The lowest BCUT2D eigenvalue weighted by Gasteiger charge is -2.06. The maximum Gasteiger partial charge on any atom is 0.0491 e. The number of hydrogen-bond acceptors (Lipinski definition) is 2. The molecule has 0 aliphatic rings. The Morgan fingerprint density at radius 2 is 2.13 bits per heavy atom. The van der Waals surface area contributed by atoms with Gasteiger partial charge in [0.1, 0.15) is 0 Å². The smallest absolute Gasteiger partial charge is 0.0491 e. The number of nitrogens with two attached hydrogens (primary N) is 1. The van der Waals surface area contributed by atoms with Crippen LogP contribution in [-0.2, 0) is 6.54 Å². The molecule has 2 aromatic rings. The van der Waals surface area contributed by atoms with Crippen LogP contribution in [0.2, 0.25) is 0 Å². The van der Waals surface area contributed by atoms with Crippen molar-refractivity contribution < 1.29 is 0 Å². The van der Waals surface area contributed by atoms with Crippen LogP contribution in [0.25, 0.3) is 10.1 Å². The molecule has 0 saturated heterocycles. The average molecular weight is 284 g/mol. The van der Waals surface area contributed by atoms with Crippen LogP contribution in [0, 0.1) is 0 Å². The highest BCUT2D eigenvalue weighted by molar-refractivity contribution is 9.10. The second-order valence-corrected chi connectivity index (χ2v) is 5.87. The molecule has 0 aliphatic heterocycles. The summed E-state index contributed by atoms with van der Waals surface area (Å²) in [5.74, 6) is 0.534. The van der Waals surface area contributed by atoms with E-state index in [4.69, 9.17) is 5.73 Å². The molecule has 0 saturated carbocycles. The first kappa shape index (κ1) is 11.1. The second-order valence-electron chi connectivity index (χ2n) is 3.91. The van der Waals surface area contributed by atoms with E-state index in [0.29, 0.717) is 12.5 Å². The summed E-state index contributed by atoms with van der Waals surface area (Å²) in [4.78, 5) is 1.31. The minimum atomic E-state index is 0.534. The molecule has 0 aliphatic carbocycles. The van der Waals surface area contributed by atoms with Crippen molar-refractivity contribution >= 4 is 37.4 Å². The van der Waals surface area contributed by atoms with Gasteiger partial charge < -0.3 is 5.73 Å². The maximum atomic E-state index is 5.80. The first-order valence-electron chi connectivity index (χ1n) is 5.05. The van der Waals surface area contributed by atoms with Crippen molar-refractivity contribution in [1.29, 1.82) is 0 Å². The second kappa shape index (κ2) is 4.24. The summed E-state index contributed by atoms with van der Waals surface area (Å²) < 4.78 is 2.49. The Hall–Kier alpha value is -0.380. The molecule has 2 N–H and O–H groups in total. The maximum absolute atomic E-state index is 5.80. The highest BCUT2D eigenvalue weighted by atomic mass is 79.9. The van der Waals surface area contributed by atoms with Crippen molar-refractivity contribution in [3.63, 3.8) is 0 Å². The molecule has 0 bridgehead atoms. The highest BCUT2D eigenvalue weighted by Crippen LogP contribution is 2.39. The lowest BCUT2D eigenvalue weighted by molar-refractivity contribution is 0.860. The van der Waals surface area contributed by atoms with Crippen LogP contribution in [0.4, 0.5) is 0 Å². The number of rotatable bonds is 2. The molecule has 3 heteroatoms. The van der Waals surface area contributed by atoms with Crippen LogP contribution in [0.1, 0.15) is 30.2 Å². The predicted octanol–water partition coefficient (Wildman–Crippen LogP) is 4.25. The summed E-state index contributed by atoms with van der Waals surface area (Å²) >= 11 is 5.40. The summed E-state index contributed by atoms with van der Waals surface area (Å²) in [6, 6.07) is 6.36. The predicted molar refractivity (Wildman–Crippen MR) is 71.5 cm³/mol. The fourth-order valence-corrected chi connectivity index (χ4v) is 3.79. The largest absolute Gasteiger partial charge is 0.326 e. The zero-order valence-corrected chi connectivity index (χ0v) is 11.3. The van der Waals surface area contributed by atoms with Gasteiger partial charge in [-0.2, -0.15) is 0 Å². The van der Waals surface area contributed by atoms with E-state index in [1.165, 1.54) is 25.0 Å². The average Bonchev–Trinajstić information content (AvgIpc) is 2.57. The van der Waals surface area contributed by atoms with E-state index < -0.39 is 0 Å².